The predicted molar refractivity (Wildman–Crippen MR) is 103 cm³/mol. The van der Waals surface area contributed by atoms with Crippen molar-refractivity contribution in [3.63, 3.8) is 0 Å². The molecule has 3 aromatic rings. The van der Waals surface area contributed by atoms with E-state index in [4.69, 9.17) is 17.3 Å². The Hall–Kier alpha value is -2.54. The minimum atomic E-state index is -2.69. The molecule has 1 fully saturated rings. The van der Waals surface area contributed by atoms with E-state index in [9.17, 15) is 8.78 Å². The zero-order valence-electron chi connectivity index (χ0n) is 14.5. The lowest BCUT2D eigenvalue weighted by Gasteiger charge is -2.28. The van der Waals surface area contributed by atoms with Crippen LogP contribution in [0.3, 0.4) is 0 Å². The van der Waals surface area contributed by atoms with E-state index in [0.717, 1.165) is 37.1 Å². The molecule has 27 heavy (non-hydrogen) atoms. The monoisotopic (exact) mass is 389 g/mol. The minimum Gasteiger partial charge on any atom is -0.384 e. The summed E-state index contributed by atoms with van der Waals surface area (Å²) in [6.07, 6.45) is 2.24. The number of nitrogens with two attached hydrogens (primary N) is 1. The van der Waals surface area contributed by atoms with E-state index < -0.39 is 6.43 Å². The van der Waals surface area contributed by atoms with Crippen LogP contribution in [-0.4, -0.2) is 28.0 Å². The van der Waals surface area contributed by atoms with Crippen molar-refractivity contribution in [1.82, 2.24) is 15.0 Å². The van der Waals surface area contributed by atoms with E-state index in [-0.39, 0.29) is 17.1 Å². The molecule has 1 saturated heterocycles. The van der Waals surface area contributed by atoms with Crippen molar-refractivity contribution in [2.45, 2.75) is 25.7 Å². The van der Waals surface area contributed by atoms with Gasteiger partial charge in [0.1, 0.15) is 18.0 Å². The second-order valence-electron chi connectivity index (χ2n) is 6.57. The number of hydrogen-bond acceptors (Lipinski definition) is 5. The first-order valence-corrected chi connectivity index (χ1v) is 9.16. The maximum atomic E-state index is 13.4. The summed E-state index contributed by atoms with van der Waals surface area (Å²) in [6.45, 7) is 1.86. The minimum absolute atomic E-state index is 0.0787. The van der Waals surface area contributed by atoms with E-state index in [1.165, 1.54) is 24.9 Å². The average Bonchev–Trinajstić information content (AvgIpc) is 2.67. The molecule has 4 rings (SSSR count). The van der Waals surface area contributed by atoms with Gasteiger partial charge in [0.15, 0.2) is 0 Å². The van der Waals surface area contributed by atoms with Crippen molar-refractivity contribution >= 4 is 34.1 Å². The number of fused-ring (bicyclic) bond motifs is 1. The fourth-order valence-electron chi connectivity index (χ4n) is 3.48. The molecule has 0 atom stereocenters. The summed E-state index contributed by atoms with van der Waals surface area (Å²) in [5.74, 6) is 0.977. The van der Waals surface area contributed by atoms with Crippen molar-refractivity contribution in [2.24, 2.45) is 0 Å². The van der Waals surface area contributed by atoms with Crippen LogP contribution in [0.25, 0.3) is 22.2 Å². The zero-order chi connectivity index (χ0) is 19.0. The predicted octanol–water partition coefficient (Wildman–Crippen LogP) is 4.86. The molecule has 1 aliphatic heterocycles. The van der Waals surface area contributed by atoms with Gasteiger partial charge in [-0.25, -0.2) is 23.7 Å². The summed E-state index contributed by atoms with van der Waals surface area (Å²) in [4.78, 5) is 15.1. The topological polar surface area (TPSA) is 67.9 Å². The van der Waals surface area contributed by atoms with Crippen LogP contribution in [0.4, 0.5) is 20.4 Å². The standard InChI is InChI=1S/C19H18ClF2N5/c20-14-8-13-15(24-10-25-19(13)27-6-2-1-3-7-27)9-12(14)17-11(18(21)22)4-5-16(23)26-17/h4-5,8-10,18H,1-3,6-7H2,(H2,23,26). The molecule has 0 aliphatic carbocycles. The van der Waals surface area contributed by atoms with Gasteiger partial charge in [0.05, 0.1) is 16.2 Å². The number of rotatable bonds is 3. The molecule has 0 bridgehead atoms. The fourth-order valence-corrected chi connectivity index (χ4v) is 3.73. The van der Waals surface area contributed by atoms with E-state index >= 15 is 0 Å². The number of aromatic nitrogens is 3. The SMILES string of the molecule is Nc1ccc(C(F)F)c(-c2cc3ncnc(N4CCCCC4)c3cc2Cl)n1. The van der Waals surface area contributed by atoms with Gasteiger partial charge in [0.25, 0.3) is 6.43 Å². The Morgan fingerprint density at radius 3 is 2.59 bits per heavy atom. The molecular weight excluding hydrogens is 372 g/mol. The largest absolute Gasteiger partial charge is 0.384 e. The highest BCUT2D eigenvalue weighted by molar-refractivity contribution is 6.34. The Morgan fingerprint density at radius 1 is 1.07 bits per heavy atom. The van der Waals surface area contributed by atoms with Crippen LogP contribution in [0.5, 0.6) is 0 Å². The van der Waals surface area contributed by atoms with Crippen LogP contribution in [0.1, 0.15) is 31.3 Å². The van der Waals surface area contributed by atoms with Crippen molar-refractivity contribution < 1.29 is 8.78 Å². The number of halogens is 3. The first kappa shape index (κ1) is 17.9. The van der Waals surface area contributed by atoms with Gasteiger partial charge < -0.3 is 10.6 Å². The molecule has 0 amide bonds. The quantitative estimate of drug-likeness (QED) is 0.693. The van der Waals surface area contributed by atoms with Crippen LogP contribution >= 0.6 is 11.6 Å². The highest BCUT2D eigenvalue weighted by Crippen LogP contribution is 2.38. The Morgan fingerprint density at radius 2 is 1.85 bits per heavy atom. The highest BCUT2D eigenvalue weighted by atomic mass is 35.5. The molecule has 3 heterocycles. The lowest BCUT2D eigenvalue weighted by atomic mass is 10.0. The third-order valence-electron chi connectivity index (χ3n) is 4.80. The summed E-state index contributed by atoms with van der Waals surface area (Å²) >= 11 is 6.48. The highest BCUT2D eigenvalue weighted by Gasteiger charge is 2.21. The summed E-state index contributed by atoms with van der Waals surface area (Å²) in [6, 6.07) is 6.05. The van der Waals surface area contributed by atoms with E-state index in [2.05, 4.69) is 19.9 Å². The van der Waals surface area contributed by atoms with Crippen LogP contribution in [0.15, 0.2) is 30.6 Å². The maximum Gasteiger partial charge on any atom is 0.265 e. The van der Waals surface area contributed by atoms with Crippen molar-refractivity contribution in [2.75, 3.05) is 23.7 Å². The molecule has 0 saturated carbocycles. The molecule has 140 valence electrons. The van der Waals surface area contributed by atoms with Crippen LogP contribution < -0.4 is 10.6 Å². The van der Waals surface area contributed by atoms with E-state index in [1.807, 2.05) is 0 Å². The Kier molecular flexibility index (Phi) is 4.78. The number of hydrogen-bond donors (Lipinski definition) is 1. The molecule has 2 N–H and O–H groups in total. The van der Waals surface area contributed by atoms with Gasteiger partial charge in [-0.15, -0.1) is 0 Å². The second kappa shape index (κ2) is 7.23. The second-order valence-corrected chi connectivity index (χ2v) is 6.98. The number of anilines is 2. The van der Waals surface area contributed by atoms with Crippen LogP contribution in [0, 0.1) is 0 Å². The van der Waals surface area contributed by atoms with Crippen LogP contribution in [0.2, 0.25) is 5.02 Å². The number of pyridine rings is 1. The Labute approximate surface area is 160 Å². The van der Waals surface area contributed by atoms with Gasteiger partial charge in [-0.1, -0.05) is 11.6 Å². The van der Waals surface area contributed by atoms with Crippen molar-refractivity contribution in [1.29, 1.82) is 0 Å². The van der Waals surface area contributed by atoms with Crippen LogP contribution in [-0.2, 0) is 0 Å². The molecule has 0 spiro atoms. The summed E-state index contributed by atoms with van der Waals surface area (Å²) in [5.41, 5.74) is 6.60. The maximum absolute atomic E-state index is 13.4. The third-order valence-corrected chi connectivity index (χ3v) is 5.11. The van der Waals surface area contributed by atoms with Gasteiger partial charge in [-0.2, -0.15) is 0 Å². The van der Waals surface area contributed by atoms with Crippen molar-refractivity contribution in [3.05, 3.63) is 41.2 Å². The number of nitrogens with zero attached hydrogens (tertiary/aromatic N) is 4. The Bertz CT molecular complexity index is 989. The third kappa shape index (κ3) is 3.39. The number of benzene rings is 1. The molecule has 0 radical (unpaired) electrons. The molecular formula is C19H18ClF2N5. The molecule has 1 aromatic carbocycles. The lowest BCUT2D eigenvalue weighted by molar-refractivity contribution is 0.151. The van der Waals surface area contributed by atoms with Gasteiger partial charge >= 0.3 is 0 Å². The van der Waals surface area contributed by atoms with Gasteiger partial charge in [-0.3, -0.25) is 0 Å². The lowest BCUT2D eigenvalue weighted by Crippen LogP contribution is -2.30. The molecule has 1 aliphatic rings. The molecule has 2 aromatic heterocycles. The zero-order valence-corrected chi connectivity index (χ0v) is 15.3. The summed E-state index contributed by atoms with van der Waals surface area (Å²) in [7, 11) is 0. The van der Waals surface area contributed by atoms with E-state index in [1.54, 1.807) is 12.1 Å². The van der Waals surface area contributed by atoms with Gasteiger partial charge in [0, 0.05) is 29.6 Å². The first-order valence-electron chi connectivity index (χ1n) is 8.79. The van der Waals surface area contributed by atoms with Gasteiger partial charge in [-0.05, 0) is 43.5 Å². The first-order chi connectivity index (χ1) is 13.0. The number of alkyl halides is 2. The average molecular weight is 390 g/mol. The van der Waals surface area contributed by atoms with E-state index in [0.29, 0.717) is 16.1 Å². The molecule has 0 unspecified atom stereocenters. The number of nitrogen functional groups attached to an aromatic ring is 1. The van der Waals surface area contributed by atoms with Gasteiger partial charge in [0.2, 0.25) is 0 Å². The smallest absolute Gasteiger partial charge is 0.265 e. The summed E-state index contributed by atoms with van der Waals surface area (Å²) in [5, 5.41) is 1.12. The van der Waals surface area contributed by atoms with Crippen molar-refractivity contribution in [3.8, 4) is 11.3 Å². The fraction of sp³-hybridized carbons (Fsp3) is 0.316. The normalized spacial score (nSPS) is 14.9. The Balaban J connectivity index is 1.88. The number of piperidine rings is 1. The molecule has 5 nitrogen and oxygen atoms in total. The summed E-state index contributed by atoms with van der Waals surface area (Å²) < 4.78 is 26.9. The molecule has 8 heteroatoms.